The fourth-order valence-electron chi connectivity index (χ4n) is 3.87. The number of carboxylic acids is 1. The smallest absolute Gasteiger partial charge is 0.330 e. The molecule has 0 aliphatic carbocycles. The van der Waals surface area contributed by atoms with Crippen LogP contribution in [0.2, 0.25) is 0 Å². The zero-order valence-corrected chi connectivity index (χ0v) is 22.1. The Kier molecular flexibility index (Phi) is 8.53. The molecule has 0 saturated carbocycles. The van der Waals surface area contributed by atoms with E-state index in [2.05, 4.69) is 5.32 Å². The molecule has 0 heterocycles. The molecule has 0 radical (unpaired) electrons. The summed E-state index contributed by atoms with van der Waals surface area (Å²) in [5.41, 5.74) is 1.24. The number of hydrogen-bond donors (Lipinski definition) is 2. The number of esters is 1. The van der Waals surface area contributed by atoms with Gasteiger partial charge in [0.05, 0.1) is 11.8 Å². The predicted octanol–water partition coefficient (Wildman–Crippen LogP) is 5.37. The van der Waals surface area contributed by atoms with E-state index < -0.39 is 23.0 Å². The number of amides is 1. The van der Waals surface area contributed by atoms with E-state index >= 15 is 0 Å². The average molecular weight is 502 g/mol. The molecule has 1 atom stereocenters. The summed E-state index contributed by atoms with van der Waals surface area (Å²) in [6.07, 6.45) is 3.79. The molecule has 0 bridgehead atoms. The van der Waals surface area contributed by atoms with Gasteiger partial charge in [-0.3, -0.25) is 9.59 Å². The third-order valence-electron chi connectivity index (χ3n) is 6.03. The monoisotopic (exact) mass is 501 g/mol. The fourth-order valence-corrected chi connectivity index (χ4v) is 3.87. The second-order valence-electron chi connectivity index (χ2n) is 10.7. The number of fused-ring (bicyclic) bond motifs is 1. The molecule has 37 heavy (non-hydrogen) atoms. The van der Waals surface area contributed by atoms with Crippen LogP contribution in [0.25, 0.3) is 10.8 Å². The first-order chi connectivity index (χ1) is 17.3. The zero-order valence-electron chi connectivity index (χ0n) is 22.1. The molecule has 1 unspecified atom stereocenters. The molecular weight excluding hydrogens is 466 g/mol. The van der Waals surface area contributed by atoms with Crippen molar-refractivity contribution in [2.75, 3.05) is 0 Å². The van der Waals surface area contributed by atoms with E-state index in [1.54, 1.807) is 6.08 Å². The first-order valence-corrected chi connectivity index (χ1v) is 12.3. The van der Waals surface area contributed by atoms with Crippen LogP contribution in [0.15, 0.2) is 78.9 Å². The second-order valence-corrected chi connectivity index (χ2v) is 10.7. The molecule has 0 saturated heterocycles. The Balaban J connectivity index is 1.59. The van der Waals surface area contributed by atoms with Gasteiger partial charge in [-0.2, -0.15) is 0 Å². The molecule has 0 aromatic heterocycles. The van der Waals surface area contributed by atoms with Crippen molar-refractivity contribution in [2.24, 2.45) is 0 Å². The Morgan fingerprint density at radius 3 is 2.14 bits per heavy atom. The lowest BCUT2D eigenvalue weighted by atomic mass is 9.84. The normalized spacial score (nSPS) is 12.9. The lowest BCUT2D eigenvalue weighted by Gasteiger charge is -2.28. The van der Waals surface area contributed by atoms with Crippen LogP contribution in [0, 0.1) is 0 Å². The number of benzene rings is 3. The van der Waals surface area contributed by atoms with E-state index in [1.165, 1.54) is 6.08 Å². The molecule has 0 fully saturated rings. The van der Waals surface area contributed by atoms with E-state index in [9.17, 15) is 19.5 Å². The highest BCUT2D eigenvalue weighted by molar-refractivity contribution is 5.88. The summed E-state index contributed by atoms with van der Waals surface area (Å²) in [5, 5.41) is 14.3. The van der Waals surface area contributed by atoms with E-state index in [-0.39, 0.29) is 18.3 Å². The Bertz CT molecular complexity index is 1300. The zero-order chi connectivity index (χ0) is 27.2. The van der Waals surface area contributed by atoms with Gasteiger partial charge in [0.15, 0.2) is 0 Å². The Hall–Kier alpha value is -3.93. The summed E-state index contributed by atoms with van der Waals surface area (Å²) in [6, 6.07) is 20.1. The number of ether oxygens (including phenoxy) is 1. The van der Waals surface area contributed by atoms with Gasteiger partial charge in [0.1, 0.15) is 11.6 Å². The number of carbonyl (C=O) groups is 3. The summed E-state index contributed by atoms with van der Waals surface area (Å²) >= 11 is 0. The predicted molar refractivity (Wildman–Crippen MR) is 145 cm³/mol. The lowest BCUT2D eigenvalue weighted by molar-refractivity contribution is -0.160. The first kappa shape index (κ1) is 27.7. The van der Waals surface area contributed by atoms with Gasteiger partial charge >= 0.3 is 11.9 Å². The average Bonchev–Trinajstić information content (AvgIpc) is 2.82. The van der Waals surface area contributed by atoms with Gasteiger partial charge < -0.3 is 15.2 Å². The minimum Gasteiger partial charge on any atom is -0.479 e. The highest BCUT2D eigenvalue weighted by atomic mass is 16.6. The number of nitrogens with one attached hydrogen (secondary N) is 1. The van der Waals surface area contributed by atoms with Gasteiger partial charge in [0, 0.05) is 0 Å². The summed E-state index contributed by atoms with van der Waals surface area (Å²) in [7, 11) is 0. The molecule has 6 nitrogen and oxygen atoms in total. The minimum absolute atomic E-state index is 0.0946. The van der Waals surface area contributed by atoms with Gasteiger partial charge in [-0.05, 0) is 68.5 Å². The van der Waals surface area contributed by atoms with Gasteiger partial charge in [-0.25, -0.2) is 4.79 Å². The third kappa shape index (κ3) is 7.78. The van der Waals surface area contributed by atoms with Crippen LogP contribution in [0.4, 0.5) is 0 Å². The van der Waals surface area contributed by atoms with Crippen LogP contribution in [0.5, 0.6) is 0 Å². The molecule has 1 amide bonds. The molecule has 0 aliphatic heterocycles. The number of carbonyl (C=O) groups excluding carboxylic acids is 2. The molecule has 3 aromatic carbocycles. The maximum Gasteiger partial charge on any atom is 0.330 e. The van der Waals surface area contributed by atoms with Crippen LogP contribution in [-0.2, 0) is 37.4 Å². The van der Waals surface area contributed by atoms with Gasteiger partial charge in [-0.15, -0.1) is 0 Å². The van der Waals surface area contributed by atoms with Gasteiger partial charge in [0.25, 0.3) is 0 Å². The van der Waals surface area contributed by atoms with Gasteiger partial charge in [0.2, 0.25) is 5.91 Å². The fraction of sp³-hybridized carbons (Fsp3) is 0.323. The number of rotatable bonds is 9. The Morgan fingerprint density at radius 1 is 0.892 bits per heavy atom. The summed E-state index contributed by atoms with van der Waals surface area (Å²) < 4.78 is 5.55. The van der Waals surface area contributed by atoms with Crippen molar-refractivity contribution in [1.82, 2.24) is 5.32 Å². The number of hydrogen-bond acceptors (Lipinski definition) is 4. The third-order valence-corrected chi connectivity index (χ3v) is 6.03. The highest BCUT2D eigenvalue weighted by Gasteiger charge is 2.34. The lowest BCUT2D eigenvalue weighted by Crippen LogP contribution is -2.40. The molecule has 0 aliphatic rings. The molecular formula is C31H35NO5. The molecule has 3 aromatic rings. The highest BCUT2D eigenvalue weighted by Crippen LogP contribution is 2.27. The van der Waals surface area contributed by atoms with Crippen molar-refractivity contribution in [1.29, 1.82) is 0 Å². The SMILES string of the molecule is CC(C)(C)OC(=O)C(C)(C)c1ccc(C/C=C/C(NC(=O)Cc2ccc3ccccc3c2)C(=O)O)cc1. The topological polar surface area (TPSA) is 92.7 Å². The minimum atomic E-state index is -1.13. The van der Waals surface area contributed by atoms with E-state index in [1.807, 2.05) is 101 Å². The van der Waals surface area contributed by atoms with Crippen LogP contribution >= 0.6 is 0 Å². The summed E-state index contributed by atoms with van der Waals surface area (Å²) in [5.74, 6) is -1.78. The Morgan fingerprint density at radius 2 is 1.51 bits per heavy atom. The van der Waals surface area contributed by atoms with Crippen molar-refractivity contribution >= 4 is 28.6 Å². The van der Waals surface area contributed by atoms with Gasteiger partial charge in [-0.1, -0.05) is 78.9 Å². The van der Waals surface area contributed by atoms with Crippen molar-refractivity contribution < 1.29 is 24.2 Å². The maximum absolute atomic E-state index is 12.6. The molecule has 194 valence electrons. The molecule has 2 N–H and O–H groups in total. The first-order valence-electron chi connectivity index (χ1n) is 12.3. The van der Waals surface area contributed by atoms with Crippen LogP contribution in [0.1, 0.15) is 51.3 Å². The summed E-state index contributed by atoms with van der Waals surface area (Å²) in [4.78, 5) is 36.9. The summed E-state index contributed by atoms with van der Waals surface area (Å²) in [6.45, 7) is 9.17. The Labute approximate surface area is 218 Å². The van der Waals surface area contributed by atoms with Crippen molar-refractivity contribution in [3.05, 3.63) is 95.6 Å². The molecule has 6 heteroatoms. The largest absolute Gasteiger partial charge is 0.479 e. The van der Waals surface area contributed by atoms with Crippen molar-refractivity contribution in [3.8, 4) is 0 Å². The van der Waals surface area contributed by atoms with E-state index in [0.29, 0.717) is 6.42 Å². The second kappa shape index (κ2) is 11.4. The molecule has 0 spiro atoms. The molecule has 3 rings (SSSR count). The maximum atomic E-state index is 12.6. The number of carboxylic acid groups (broad SMARTS) is 1. The van der Waals surface area contributed by atoms with Crippen molar-refractivity contribution in [2.45, 2.75) is 64.5 Å². The standard InChI is InChI=1S/C31H35NO5/c1-30(2,3)37-29(36)31(4,5)25-17-14-21(15-18-25)9-8-12-26(28(34)35)32-27(33)20-22-13-16-23-10-6-7-11-24(23)19-22/h6-8,10-19,26H,9,20H2,1-5H3,(H,32,33)(H,34,35)/b12-8+. The number of aliphatic carboxylic acids is 1. The van der Waals surface area contributed by atoms with E-state index in [0.717, 1.165) is 27.5 Å². The quantitative estimate of drug-likeness (QED) is 0.304. The van der Waals surface area contributed by atoms with Crippen molar-refractivity contribution in [3.63, 3.8) is 0 Å². The number of allylic oxidation sites excluding steroid dienone is 1. The van der Waals surface area contributed by atoms with E-state index in [4.69, 9.17) is 4.74 Å². The van der Waals surface area contributed by atoms with Crippen LogP contribution in [0.3, 0.4) is 0 Å². The van der Waals surface area contributed by atoms with Crippen LogP contribution < -0.4 is 5.32 Å². The van der Waals surface area contributed by atoms with Crippen LogP contribution in [-0.4, -0.2) is 34.6 Å².